The maximum absolute atomic E-state index is 13.9. The molecule has 0 aliphatic carbocycles. The largest absolute Gasteiger partial charge is 0.482 e. The highest BCUT2D eigenvalue weighted by atomic mass is 19.3. The van der Waals surface area contributed by atoms with Gasteiger partial charge in [-0.25, -0.2) is 13.5 Å². The fraction of sp³-hybridized carbons (Fsp3) is 0.609. The summed E-state index contributed by atoms with van der Waals surface area (Å²) in [4.78, 5) is 18.3. The molecule has 2 aliphatic heterocycles. The Kier molecular flexibility index (Phi) is 6.35. The van der Waals surface area contributed by atoms with Gasteiger partial charge in [0.15, 0.2) is 6.61 Å². The Labute approximate surface area is 187 Å². The summed E-state index contributed by atoms with van der Waals surface area (Å²) >= 11 is 0. The number of amides is 1. The lowest BCUT2D eigenvalue weighted by Gasteiger charge is -2.40. The number of ether oxygens (including phenoxy) is 1. The molecule has 1 amide bonds. The van der Waals surface area contributed by atoms with Crippen molar-refractivity contribution in [2.24, 2.45) is 5.92 Å². The molecule has 2 aromatic rings. The first-order chi connectivity index (χ1) is 15.2. The minimum Gasteiger partial charge on any atom is -0.482 e. The number of likely N-dealkylation sites (tertiary alicyclic amines) is 1. The van der Waals surface area contributed by atoms with Gasteiger partial charge in [0, 0.05) is 36.8 Å². The zero-order valence-electron chi connectivity index (χ0n) is 18.8. The number of rotatable bonds is 5. The van der Waals surface area contributed by atoms with Gasteiger partial charge in [0.05, 0.1) is 11.9 Å². The number of nitrogens with one attached hydrogen (secondary N) is 1. The number of halogens is 2. The van der Waals surface area contributed by atoms with Crippen LogP contribution in [0.5, 0.6) is 5.75 Å². The Bertz CT molecular complexity index is 920. The van der Waals surface area contributed by atoms with E-state index in [4.69, 9.17) is 4.74 Å². The molecule has 2 atom stereocenters. The maximum Gasteiger partial charge on any atom is 0.260 e. The van der Waals surface area contributed by atoms with Crippen molar-refractivity contribution in [3.8, 4) is 5.75 Å². The number of hydrogen-bond acceptors (Lipinski definition) is 5. The number of pyridine rings is 1. The van der Waals surface area contributed by atoms with Crippen molar-refractivity contribution >= 4 is 11.7 Å². The highest BCUT2D eigenvalue weighted by Crippen LogP contribution is 2.38. The monoisotopic (exact) mass is 447 g/mol. The first-order valence-electron chi connectivity index (χ1n) is 11.2. The van der Waals surface area contributed by atoms with Crippen molar-refractivity contribution in [2.75, 3.05) is 25.0 Å². The van der Waals surface area contributed by atoms with E-state index in [0.717, 1.165) is 18.5 Å². The van der Waals surface area contributed by atoms with Gasteiger partial charge in [-0.1, -0.05) is 20.8 Å². The molecule has 1 N–H and O–H groups in total. The van der Waals surface area contributed by atoms with Crippen LogP contribution < -0.4 is 10.1 Å². The minimum atomic E-state index is -2.47. The minimum absolute atomic E-state index is 0.0275. The summed E-state index contributed by atoms with van der Waals surface area (Å²) in [6.45, 7) is 7.26. The van der Waals surface area contributed by atoms with E-state index in [1.807, 2.05) is 26.8 Å². The van der Waals surface area contributed by atoms with Gasteiger partial charge < -0.3 is 15.0 Å². The quantitative estimate of drug-likeness (QED) is 0.753. The van der Waals surface area contributed by atoms with Crippen molar-refractivity contribution < 1.29 is 18.3 Å². The number of alkyl halides is 2. The van der Waals surface area contributed by atoms with Gasteiger partial charge in [-0.2, -0.15) is 5.10 Å². The molecular weight excluding hydrogens is 416 g/mol. The zero-order valence-corrected chi connectivity index (χ0v) is 18.8. The van der Waals surface area contributed by atoms with E-state index in [2.05, 4.69) is 15.4 Å². The molecule has 174 valence electrons. The molecule has 0 saturated carbocycles. The topological polar surface area (TPSA) is 72.3 Å². The van der Waals surface area contributed by atoms with Crippen molar-refractivity contribution in [3.05, 3.63) is 36.3 Å². The van der Waals surface area contributed by atoms with Crippen LogP contribution in [0.4, 0.5) is 14.6 Å². The Hall–Kier alpha value is -2.71. The first-order valence-corrected chi connectivity index (χ1v) is 11.2. The summed E-state index contributed by atoms with van der Waals surface area (Å²) < 4.78 is 34.7. The molecule has 4 rings (SSSR count). The Morgan fingerprint density at radius 3 is 2.69 bits per heavy atom. The van der Waals surface area contributed by atoms with Gasteiger partial charge in [0.2, 0.25) is 0 Å². The van der Waals surface area contributed by atoms with E-state index >= 15 is 0 Å². The van der Waals surface area contributed by atoms with Crippen LogP contribution in [0.3, 0.4) is 0 Å². The number of anilines is 1. The number of piperidine rings is 1. The SMILES string of the molecule is CC(C)(C)c1cc2n(n1)[C@@H](C(F)F)C[C@@H](C1CCN(C(=O)COc3cccnc3)CC1)N2. The van der Waals surface area contributed by atoms with Crippen LogP contribution >= 0.6 is 0 Å². The molecule has 0 radical (unpaired) electrons. The van der Waals surface area contributed by atoms with Crippen molar-refractivity contribution in [2.45, 2.75) is 64.0 Å². The molecule has 1 fully saturated rings. The number of fused-ring (bicyclic) bond motifs is 1. The van der Waals surface area contributed by atoms with Crippen LogP contribution in [0.2, 0.25) is 0 Å². The van der Waals surface area contributed by atoms with Gasteiger partial charge in [0.25, 0.3) is 12.3 Å². The van der Waals surface area contributed by atoms with Crippen molar-refractivity contribution in [3.63, 3.8) is 0 Å². The number of nitrogens with zero attached hydrogens (tertiary/aromatic N) is 4. The molecular formula is C23H31F2N5O2. The number of carbonyl (C=O) groups is 1. The molecule has 0 aromatic carbocycles. The lowest BCUT2D eigenvalue weighted by Crippen LogP contribution is -2.47. The fourth-order valence-electron chi connectivity index (χ4n) is 4.47. The molecule has 9 heteroatoms. The van der Waals surface area contributed by atoms with Crippen LogP contribution in [0, 0.1) is 5.92 Å². The summed E-state index contributed by atoms with van der Waals surface area (Å²) in [6.07, 6.45) is 2.62. The smallest absolute Gasteiger partial charge is 0.260 e. The molecule has 0 spiro atoms. The third-order valence-electron chi connectivity index (χ3n) is 6.40. The van der Waals surface area contributed by atoms with E-state index in [0.29, 0.717) is 31.1 Å². The first kappa shape index (κ1) is 22.5. The second-order valence-electron chi connectivity index (χ2n) is 9.69. The standard InChI is InChI=1S/C23H31F2N5O2/c1-23(2,3)19-12-20-27-17(11-18(22(24)25)30(20)28-19)15-6-9-29(10-7-15)21(31)14-32-16-5-4-8-26-13-16/h4-5,8,12-13,15,17-18,22,27H,6-7,9-11,14H2,1-3H3/t17-,18+/m0/s1. The normalized spacial score (nSPS) is 21.9. The van der Waals surface area contributed by atoms with Crippen molar-refractivity contribution in [1.29, 1.82) is 0 Å². The van der Waals surface area contributed by atoms with Gasteiger partial charge in [0.1, 0.15) is 17.6 Å². The summed E-state index contributed by atoms with van der Waals surface area (Å²) in [5, 5.41) is 7.95. The third-order valence-corrected chi connectivity index (χ3v) is 6.40. The molecule has 32 heavy (non-hydrogen) atoms. The Morgan fingerprint density at radius 1 is 1.31 bits per heavy atom. The van der Waals surface area contributed by atoms with Gasteiger partial charge in [-0.05, 0) is 37.3 Å². The van der Waals surface area contributed by atoms with Crippen LogP contribution in [0.1, 0.15) is 51.8 Å². The van der Waals surface area contributed by atoms with Crippen LogP contribution in [-0.4, -0.2) is 57.7 Å². The predicted octanol–water partition coefficient (Wildman–Crippen LogP) is 3.88. The molecule has 2 aromatic heterocycles. The average molecular weight is 448 g/mol. The molecule has 1 saturated heterocycles. The van der Waals surface area contributed by atoms with Gasteiger partial charge >= 0.3 is 0 Å². The second kappa shape index (κ2) is 9.03. The highest BCUT2D eigenvalue weighted by Gasteiger charge is 2.39. The van der Waals surface area contributed by atoms with E-state index in [-0.39, 0.29) is 29.9 Å². The van der Waals surface area contributed by atoms with Gasteiger partial charge in [-0.3, -0.25) is 9.78 Å². The average Bonchev–Trinajstić information content (AvgIpc) is 3.22. The Balaban J connectivity index is 1.36. The summed E-state index contributed by atoms with van der Waals surface area (Å²) in [7, 11) is 0. The zero-order chi connectivity index (χ0) is 22.9. The second-order valence-corrected chi connectivity index (χ2v) is 9.69. The van der Waals surface area contributed by atoms with E-state index in [1.165, 1.54) is 4.68 Å². The van der Waals surface area contributed by atoms with E-state index in [1.54, 1.807) is 29.4 Å². The van der Waals surface area contributed by atoms with Gasteiger partial charge in [-0.15, -0.1) is 0 Å². The Morgan fingerprint density at radius 2 is 2.06 bits per heavy atom. The summed E-state index contributed by atoms with van der Waals surface area (Å²) in [5.41, 5.74) is 0.595. The third kappa shape index (κ3) is 4.86. The molecule has 4 heterocycles. The molecule has 7 nitrogen and oxygen atoms in total. The number of carbonyl (C=O) groups excluding carboxylic acids is 1. The lowest BCUT2D eigenvalue weighted by molar-refractivity contribution is -0.134. The molecule has 0 unspecified atom stereocenters. The molecule has 0 bridgehead atoms. The van der Waals surface area contributed by atoms with E-state index in [9.17, 15) is 13.6 Å². The highest BCUT2D eigenvalue weighted by molar-refractivity contribution is 5.77. The summed E-state index contributed by atoms with van der Waals surface area (Å²) in [6, 6.07) is 4.42. The predicted molar refractivity (Wildman–Crippen MR) is 117 cm³/mol. The van der Waals surface area contributed by atoms with Crippen LogP contribution in [0.25, 0.3) is 0 Å². The maximum atomic E-state index is 13.9. The fourth-order valence-corrected chi connectivity index (χ4v) is 4.47. The van der Waals surface area contributed by atoms with Crippen LogP contribution in [-0.2, 0) is 10.2 Å². The number of aromatic nitrogens is 3. The van der Waals surface area contributed by atoms with Crippen molar-refractivity contribution in [1.82, 2.24) is 19.7 Å². The summed E-state index contributed by atoms with van der Waals surface area (Å²) in [5.74, 6) is 1.38. The number of hydrogen-bond donors (Lipinski definition) is 1. The van der Waals surface area contributed by atoms with E-state index < -0.39 is 12.5 Å². The van der Waals surface area contributed by atoms with Crippen LogP contribution in [0.15, 0.2) is 30.6 Å². The molecule has 2 aliphatic rings. The lowest BCUT2D eigenvalue weighted by atomic mass is 9.85.